The van der Waals surface area contributed by atoms with Gasteiger partial charge in [0.05, 0.1) is 5.56 Å². The van der Waals surface area contributed by atoms with Crippen LogP contribution < -0.4 is 5.32 Å². The minimum Gasteiger partial charge on any atom is -0.322 e. The Kier molecular flexibility index (Phi) is 3.72. The van der Waals surface area contributed by atoms with Gasteiger partial charge in [0.15, 0.2) is 0 Å². The largest absolute Gasteiger partial charge is 0.322 e. The molecule has 1 aromatic carbocycles. The molecule has 3 nitrogen and oxygen atoms in total. The van der Waals surface area contributed by atoms with Crippen LogP contribution in [0.3, 0.4) is 0 Å². The molecular weight excluding hydrogens is 299 g/mol. The lowest BCUT2D eigenvalue weighted by atomic mass is 10.2. The van der Waals surface area contributed by atoms with E-state index in [4.69, 9.17) is 0 Å². The van der Waals surface area contributed by atoms with E-state index in [9.17, 15) is 9.18 Å². The molecule has 2 rings (SSSR count). The van der Waals surface area contributed by atoms with E-state index in [-0.39, 0.29) is 11.7 Å². The molecule has 0 radical (unpaired) electrons. The van der Waals surface area contributed by atoms with Gasteiger partial charge in [-0.15, -0.1) is 0 Å². The summed E-state index contributed by atoms with van der Waals surface area (Å²) in [6.45, 7) is 1.76. The number of anilines is 1. The zero-order valence-corrected chi connectivity index (χ0v) is 11.2. The van der Waals surface area contributed by atoms with Crippen molar-refractivity contribution < 1.29 is 9.18 Å². The first-order valence-corrected chi connectivity index (χ1v) is 6.03. The Morgan fingerprint density at radius 1 is 1.28 bits per heavy atom. The second kappa shape index (κ2) is 5.27. The molecule has 1 N–H and O–H groups in total. The van der Waals surface area contributed by atoms with Gasteiger partial charge < -0.3 is 5.32 Å². The van der Waals surface area contributed by atoms with Crippen molar-refractivity contribution in [1.82, 2.24) is 4.98 Å². The molecule has 0 atom stereocenters. The lowest BCUT2D eigenvalue weighted by Gasteiger charge is -2.06. The van der Waals surface area contributed by atoms with Crippen LogP contribution in [0.5, 0.6) is 0 Å². The van der Waals surface area contributed by atoms with Gasteiger partial charge in [0.2, 0.25) is 0 Å². The van der Waals surface area contributed by atoms with E-state index in [2.05, 4.69) is 26.2 Å². The molecule has 0 spiro atoms. The molecule has 2 aromatic rings. The smallest absolute Gasteiger partial charge is 0.257 e. The fourth-order valence-electron chi connectivity index (χ4n) is 1.55. The highest BCUT2D eigenvalue weighted by atomic mass is 79.9. The maximum atomic E-state index is 13.2. The Morgan fingerprint density at radius 2 is 2.06 bits per heavy atom. The maximum Gasteiger partial charge on any atom is 0.257 e. The number of carbonyl (C=O) groups is 1. The number of pyridine rings is 1. The lowest BCUT2D eigenvalue weighted by molar-refractivity contribution is 0.102. The third kappa shape index (κ3) is 3.13. The Hall–Kier alpha value is -1.75. The minimum absolute atomic E-state index is 0.325. The van der Waals surface area contributed by atoms with Crippen LogP contribution in [0.4, 0.5) is 10.1 Å². The standard InChI is InChI=1S/C13H10BrFN2O/c1-8-2-11(15)5-12(3-8)17-13(18)9-4-10(14)7-16-6-9/h2-7H,1H3,(H,17,18). The van der Waals surface area contributed by atoms with Crippen molar-refractivity contribution in [1.29, 1.82) is 0 Å². The first-order chi connectivity index (χ1) is 8.54. The predicted octanol–water partition coefficient (Wildman–Crippen LogP) is 3.54. The van der Waals surface area contributed by atoms with Gasteiger partial charge in [0, 0.05) is 22.6 Å². The van der Waals surface area contributed by atoms with E-state index in [1.807, 2.05) is 0 Å². The average Bonchev–Trinajstić information content (AvgIpc) is 2.27. The van der Waals surface area contributed by atoms with Gasteiger partial charge in [0.25, 0.3) is 5.91 Å². The summed E-state index contributed by atoms with van der Waals surface area (Å²) < 4.78 is 13.9. The van der Waals surface area contributed by atoms with E-state index in [1.165, 1.54) is 18.3 Å². The van der Waals surface area contributed by atoms with E-state index < -0.39 is 0 Å². The second-order valence-electron chi connectivity index (χ2n) is 3.86. The van der Waals surface area contributed by atoms with Gasteiger partial charge in [-0.3, -0.25) is 9.78 Å². The molecule has 0 saturated carbocycles. The van der Waals surface area contributed by atoms with Gasteiger partial charge in [-0.05, 0) is 52.7 Å². The molecule has 0 aliphatic rings. The molecular formula is C13H10BrFN2O. The summed E-state index contributed by atoms with van der Waals surface area (Å²) in [6, 6.07) is 6.02. The molecule has 0 aliphatic heterocycles. The van der Waals surface area contributed by atoms with Crippen LogP contribution in [0.15, 0.2) is 41.1 Å². The van der Waals surface area contributed by atoms with Crippen molar-refractivity contribution in [3.8, 4) is 0 Å². The molecule has 1 amide bonds. The number of aromatic nitrogens is 1. The van der Waals surface area contributed by atoms with Gasteiger partial charge in [-0.25, -0.2) is 4.39 Å². The predicted molar refractivity (Wildman–Crippen MR) is 71.0 cm³/mol. The molecule has 0 saturated heterocycles. The van der Waals surface area contributed by atoms with E-state index in [0.29, 0.717) is 15.7 Å². The number of nitrogens with one attached hydrogen (secondary N) is 1. The van der Waals surface area contributed by atoms with Gasteiger partial charge in [0.1, 0.15) is 5.82 Å². The van der Waals surface area contributed by atoms with Crippen LogP contribution in [0.2, 0.25) is 0 Å². The van der Waals surface area contributed by atoms with Crippen LogP contribution >= 0.6 is 15.9 Å². The van der Waals surface area contributed by atoms with Gasteiger partial charge in [-0.1, -0.05) is 0 Å². The topological polar surface area (TPSA) is 42.0 Å². The number of benzene rings is 1. The Morgan fingerprint density at radius 3 is 2.72 bits per heavy atom. The summed E-state index contributed by atoms with van der Waals surface area (Å²) >= 11 is 3.24. The number of carbonyl (C=O) groups excluding carboxylic acids is 1. The fourth-order valence-corrected chi connectivity index (χ4v) is 1.91. The molecule has 0 bridgehead atoms. The third-order valence-corrected chi connectivity index (χ3v) is 2.70. The molecule has 0 aliphatic carbocycles. The molecule has 18 heavy (non-hydrogen) atoms. The summed E-state index contributed by atoms with van der Waals surface area (Å²) in [7, 11) is 0. The molecule has 1 aromatic heterocycles. The molecule has 0 fully saturated rings. The number of rotatable bonds is 2. The van der Waals surface area contributed by atoms with Crippen molar-refractivity contribution in [2.45, 2.75) is 6.92 Å². The third-order valence-electron chi connectivity index (χ3n) is 2.27. The number of nitrogens with zero attached hydrogens (tertiary/aromatic N) is 1. The molecule has 5 heteroatoms. The Balaban J connectivity index is 2.21. The molecule has 92 valence electrons. The quantitative estimate of drug-likeness (QED) is 0.922. The van der Waals surface area contributed by atoms with Crippen molar-refractivity contribution in [3.63, 3.8) is 0 Å². The summed E-state index contributed by atoms with van der Waals surface area (Å²) in [6.07, 6.45) is 3.04. The second-order valence-corrected chi connectivity index (χ2v) is 4.78. The van der Waals surface area contributed by atoms with E-state index in [1.54, 1.807) is 25.3 Å². The summed E-state index contributed by atoms with van der Waals surface area (Å²) in [5, 5.41) is 2.63. The first kappa shape index (κ1) is 12.7. The van der Waals surface area contributed by atoms with Crippen LogP contribution in [-0.2, 0) is 0 Å². The van der Waals surface area contributed by atoms with E-state index >= 15 is 0 Å². The number of aryl methyl sites for hydroxylation is 1. The van der Waals surface area contributed by atoms with Crippen molar-refractivity contribution in [2.75, 3.05) is 5.32 Å². The molecule has 0 unspecified atom stereocenters. The monoisotopic (exact) mass is 308 g/mol. The zero-order valence-electron chi connectivity index (χ0n) is 9.58. The molecule has 1 heterocycles. The SMILES string of the molecule is Cc1cc(F)cc(NC(=O)c2cncc(Br)c2)c1. The number of amides is 1. The highest BCUT2D eigenvalue weighted by Crippen LogP contribution is 2.15. The Bertz CT molecular complexity index is 581. The zero-order chi connectivity index (χ0) is 13.1. The highest BCUT2D eigenvalue weighted by Gasteiger charge is 2.08. The summed E-state index contributed by atoms with van der Waals surface area (Å²) in [5.41, 5.74) is 1.58. The first-order valence-electron chi connectivity index (χ1n) is 5.24. The lowest BCUT2D eigenvalue weighted by Crippen LogP contribution is -2.12. The fraction of sp³-hybridized carbons (Fsp3) is 0.0769. The highest BCUT2D eigenvalue weighted by molar-refractivity contribution is 9.10. The number of hydrogen-bond acceptors (Lipinski definition) is 2. The van der Waals surface area contributed by atoms with Crippen LogP contribution in [0, 0.1) is 12.7 Å². The van der Waals surface area contributed by atoms with Crippen LogP contribution in [0.1, 0.15) is 15.9 Å². The van der Waals surface area contributed by atoms with E-state index in [0.717, 1.165) is 5.56 Å². The van der Waals surface area contributed by atoms with Crippen molar-refractivity contribution in [2.24, 2.45) is 0 Å². The van der Waals surface area contributed by atoms with Crippen LogP contribution in [-0.4, -0.2) is 10.9 Å². The number of halogens is 2. The normalized spacial score (nSPS) is 10.2. The van der Waals surface area contributed by atoms with Gasteiger partial charge >= 0.3 is 0 Å². The maximum absolute atomic E-state index is 13.2. The van der Waals surface area contributed by atoms with Gasteiger partial charge in [-0.2, -0.15) is 0 Å². The summed E-state index contributed by atoms with van der Waals surface area (Å²) in [4.78, 5) is 15.8. The van der Waals surface area contributed by atoms with Crippen LogP contribution in [0.25, 0.3) is 0 Å². The summed E-state index contributed by atoms with van der Waals surface area (Å²) in [5.74, 6) is -0.702. The number of hydrogen-bond donors (Lipinski definition) is 1. The van der Waals surface area contributed by atoms with Crippen molar-refractivity contribution >= 4 is 27.5 Å². The Labute approximate surface area is 112 Å². The minimum atomic E-state index is -0.377. The van der Waals surface area contributed by atoms with Crippen molar-refractivity contribution in [3.05, 3.63) is 58.1 Å². The average molecular weight is 309 g/mol.